The van der Waals surface area contributed by atoms with E-state index in [1.165, 1.54) is 16.5 Å². The predicted molar refractivity (Wildman–Crippen MR) is 196 cm³/mol. The number of anilines is 3. The Bertz CT molecular complexity index is 2530. The van der Waals surface area contributed by atoms with Crippen molar-refractivity contribution in [2.75, 3.05) is 4.90 Å². The Morgan fingerprint density at radius 1 is 0.551 bits per heavy atom. The van der Waals surface area contributed by atoms with Crippen molar-refractivity contribution >= 4 is 45.1 Å². The van der Waals surface area contributed by atoms with E-state index in [9.17, 15) is 10.5 Å². The van der Waals surface area contributed by atoms with Gasteiger partial charge in [-0.15, -0.1) is 0 Å². The summed E-state index contributed by atoms with van der Waals surface area (Å²) in [6, 6.07) is 49.3. The lowest BCUT2D eigenvalue weighted by Crippen LogP contribution is -2.15. The summed E-state index contributed by atoms with van der Waals surface area (Å²) in [6.45, 7) is 15.4. The first-order valence-corrected chi connectivity index (χ1v) is 15.6. The fourth-order valence-electron chi connectivity index (χ4n) is 7.12. The Morgan fingerprint density at radius 3 is 1.78 bits per heavy atom. The number of rotatable bonds is 3. The van der Waals surface area contributed by atoms with Gasteiger partial charge in [0.15, 0.2) is 0 Å². The number of fused-ring (bicyclic) bond motifs is 3. The minimum Gasteiger partial charge on any atom is -0.309 e. The normalized spacial score (nSPS) is 14.4. The highest BCUT2D eigenvalue weighted by atomic mass is 15.2. The van der Waals surface area contributed by atoms with Crippen LogP contribution in [0.1, 0.15) is 16.7 Å². The number of hydrogen-bond donors (Lipinski definition) is 0. The van der Waals surface area contributed by atoms with Gasteiger partial charge in [0.05, 0.1) is 36.7 Å². The van der Waals surface area contributed by atoms with Gasteiger partial charge in [-0.2, -0.15) is 0 Å². The molecule has 0 unspecified atom stereocenters. The molecule has 6 aromatic rings. The van der Waals surface area contributed by atoms with Crippen LogP contribution in [-0.2, 0) is 0 Å². The van der Waals surface area contributed by atoms with Crippen molar-refractivity contribution in [3.8, 4) is 34.4 Å². The Kier molecular flexibility index (Phi) is 6.94. The van der Waals surface area contributed by atoms with Crippen LogP contribution in [0.4, 0.5) is 17.1 Å². The van der Waals surface area contributed by atoms with Crippen LogP contribution in [0.5, 0.6) is 0 Å². The van der Waals surface area contributed by atoms with Crippen molar-refractivity contribution in [3.05, 3.63) is 190 Å². The highest BCUT2D eigenvalue weighted by Crippen LogP contribution is 2.52. The molecule has 0 atom stereocenters. The van der Waals surface area contributed by atoms with Crippen molar-refractivity contribution in [2.24, 2.45) is 0 Å². The van der Waals surface area contributed by atoms with Gasteiger partial charge in [-0.05, 0) is 74.7 Å². The third-order valence-electron chi connectivity index (χ3n) is 9.16. The Balaban J connectivity index is 1.28. The predicted octanol–water partition coefficient (Wildman–Crippen LogP) is 11.4. The van der Waals surface area contributed by atoms with Crippen LogP contribution in [0.2, 0.25) is 0 Å². The largest absolute Gasteiger partial charge is 0.309 e. The summed E-state index contributed by atoms with van der Waals surface area (Å²) in [7, 11) is 0. The summed E-state index contributed by atoms with van der Waals surface area (Å²) in [5, 5.41) is 22.1. The minimum atomic E-state index is -0.0810. The molecule has 1 heterocycles. The van der Waals surface area contributed by atoms with Crippen molar-refractivity contribution in [1.29, 1.82) is 10.5 Å². The van der Waals surface area contributed by atoms with Gasteiger partial charge in [0.25, 0.3) is 11.4 Å². The second-order valence-electron chi connectivity index (χ2n) is 11.7. The molecule has 1 aliphatic heterocycles. The Morgan fingerprint density at radius 2 is 1.14 bits per heavy atom. The van der Waals surface area contributed by atoms with Gasteiger partial charge in [-0.1, -0.05) is 109 Å². The SMILES string of the molecule is [C-]#[N+]/C(C#N)=C1\C(=Cc2ccc(-c3ccc4c5c(cccc35)-c3ccccc3N4c3ccccc3)cc2)/C(=C(/C#N)[N+]#[C-])c2ccccc21. The minimum absolute atomic E-state index is 0.0810. The van der Waals surface area contributed by atoms with Gasteiger partial charge in [-0.25, -0.2) is 20.2 Å². The van der Waals surface area contributed by atoms with Crippen molar-refractivity contribution in [1.82, 2.24) is 0 Å². The number of allylic oxidation sites excluding steroid dienone is 5. The second-order valence-corrected chi connectivity index (χ2v) is 11.7. The molecule has 5 nitrogen and oxygen atoms in total. The topological polar surface area (TPSA) is 59.5 Å². The smallest absolute Gasteiger partial charge is 0.270 e. The summed E-state index contributed by atoms with van der Waals surface area (Å²) in [5.41, 5.74) is 11.3. The molecule has 5 heteroatoms. The number of nitriles is 2. The number of hydrogen-bond acceptors (Lipinski definition) is 3. The van der Waals surface area contributed by atoms with Crippen LogP contribution in [-0.4, -0.2) is 0 Å². The molecule has 0 spiro atoms. The molecule has 224 valence electrons. The van der Waals surface area contributed by atoms with E-state index >= 15 is 0 Å². The van der Waals surface area contributed by atoms with Crippen LogP contribution in [0.3, 0.4) is 0 Å². The van der Waals surface area contributed by atoms with Gasteiger partial charge in [-0.3, -0.25) is 0 Å². The molecular formula is C44H23N5. The van der Waals surface area contributed by atoms with Gasteiger partial charge in [0.1, 0.15) is 0 Å². The monoisotopic (exact) mass is 621 g/mol. The molecule has 1 aliphatic carbocycles. The molecule has 0 bridgehead atoms. The number of nitrogens with zero attached hydrogens (tertiary/aromatic N) is 5. The van der Waals surface area contributed by atoms with Crippen LogP contribution in [0.15, 0.2) is 150 Å². The zero-order valence-electron chi connectivity index (χ0n) is 26.0. The average Bonchev–Trinajstić information content (AvgIpc) is 3.47. The lowest BCUT2D eigenvalue weighted by atomic mass is 9.87. The number of benzene rings is 6. The molecule has 0 radical (unpaired) electrons. The van der Waals surface area contributed by atoms with E-state index in [-0.39, 0.29) is 11.4 Å². The highest BCUT2D eigenvalue weighted by molar-refractivity contribution is 6.17. The first-order chi connectivity index (χ1) is 24.2. The standard InChI is InChI=1S/C44H23N5/c1-47-38(26-45)42-35-14-6-7-15-36(35)43(39(27-46)48-2)37(42)25-28-19-21-29(22-20-28)31-23-24-41-44-33(31)16-10-17-34(44)32-13-8-9-18-40(32)49(41)30-11-4-3-5-12-30/h3-25H/b42-38-,43-39-. The van der Waals surface area contributed by atoms with E-state index in [2.05, 4.69) is 106 Å². The third kappa shape index (κ3) is 4.52. The maximum absolute atomic E-state index is 9.89. The van der Waals surface area contributed by atoms with Gasteiger partial charge >= 0.3 is 0 Å². The highest BCUT2D eigenvalue weighted by Gasteiger charge is 2.32. The lowest BCUT2D eigenvalue weighted by Gasteiger charge is -2.34. The molecule has 0 aromatic heterocycles. The van der Waals surface area contributed by atoms with Crippen molar-refractivity contribution < 1.29 is 0 Å². The second kappa shape index (κ2) is 11.7. The van der Waals surface area contributed by atoms with E-state index in [1.807, 2.05) is 60.7 Å². The Hall–Kier alpha value is -7.44. The molecule has 49 heavy (non-hydrogen) atoms. The summed E-state index contributed by atoms with van der Waals surface area (Å²) < 4.78 is 0. The van der Waals surface area contributed by atoms with Crippen molar-refractivity contribution in [2.45, 2.75) is 0 Å². The molecule has 0 saturated carbocycles. The van der Waals surface area contributed by atoms with Crippen LogP contribution >= 0.6 is 0 Å². The van der Waals surface area contributed by atoms with E-state index in [4.69, 9.17) is 13.1 Å². The summed E-state index contributed by atoms with van der Waals surface area (Å²) in [6.07, 6.45) is 1.87. The van der Waals surface area contributed by atoms with Gasteiger partial charge in [0.2, 0.25) is 0 Å². The maximum atomic E-state index is 9.89. The first-order valence-electron chi connectivity index (χ1n) is 15.6. The van der Waals surface area contributed by atoms with Gasteiger partial charge in [0, 0.05) is 27.8 Å². The molecular weight excluding hydrogens is 599 g/mol. The first kappa shape index (κ1) is 29.0. The summed E-state index contributed by atoms with van der Waals surface area (Å²) in [5.74, 6) is 0. The van der Waals surface area contributed by atoms with Crippen LogP contribution in [0.25, 0.3) is 59.9 Å². The van der Waals surface area contributed by atoms with Gasteiger partial charge < -0.3 is 4.90 Å². The molecule has 0 amide bonds. The molecule has 2 aliphatic rings. The number of para-hydroxylation sites is 2. The van der Waals surface area contributed by atoms with E-state index in [1.54, 1.807) is 0 Å². The van der Waals surface area contributed by atoms with E-state index in [0.717, 1.165) is 39.1 Å². The van der Waals surface area contributed by atoms with Crippen LogP contribution in [0, 0.1) is 35.8 Å². The van der Waals surface area contributed by atoms with Crippen LogP contribution < -0.4 is 4.90 Å². The Labute approximate surface area is 284 Å². The van der Waals surface area contributed by atoms with E-state index in [0.29, 0.717) is 27.8 Å². The summed E-state index contributed by atoms with van der Waals surface area (Å²) in [4.78, 5) is 9.36. The summed E-state index contributed by atoms with van der Waals surface area (Å²) >= 11 is 0. The zero-order valence-corrected chi connectivity index (χ0v) is 26.0. The molecule has 6 aromatic carbocycles. The third-order valence-corrected chi connectivity index (χ3v) is 9.16. The lowest BCUT2D eigenvalue weighted by molar-refractivity contribution is 1.28. The van der Waals surface area contributed by atoms with Crippen molar-refractivity contribution in [3.63, 3.8) is 0 Å². The fourth-order valence-corrected chi connectivity index (χ4v) is 7.12. The maximum Gasteiger partial charge on any atom is 0.270 e. The average molecular weight is 622 g/mol. The molecule has 0 saturated heterocycles. The fraction of sp³-hybridized carbons (Fsp3) is 0. The van der Waals surface area contributed by atoms with E-state index < -0.39 is 0 Å². The molecule has 8 rings (SSSR count). The molecule has 0 fully saturated rings. The zero-order chi connectivity index (χ0) is 33.5. The quantitative estimate of drug-likeness (QED) is 0.146. The molecule has 0 N–H and O–H groups in total.